The van der Waals surface area contributed by atoms with Gasteiger partial charge in [0.1, 0.15) is 11.5 Å². The summed E-state index contributed by atoms with van der Waals surface area (Å²) in [7, 11) is 3.14. The topological polar surface area (TPSA) is 59.1 Å². The van der Waals surface area contributed by atoms with Gasteiger partial charge < -0.3 is 19.3 Å². The van der Waals surface area contributed by atoms with Gasteiger partial charge in [0, 0.05) is 32.6 Å². The maximum Gasteiger partial charge on any atom is 0.257 e. The molecule has 138 valence electrons. The van der Waals surface area contributed by atoms with Crippen LogP contribution in [0.25, 0.3) is 0 Å². The van der Waals surface area contributed by atoms with Crippen molar-refractivity contribution >= 4 is 11.8 Å². The van der Waals surface area contributed by atoms with Crippen molar-refractivity contribution in [2.75, 3.05) is 40.4 Å². The smallest absolute Gasteiger partial charge is 0.257 e. The van der Waals surface area contributed by atoms with Crippen molar-refractivity contribution in [2.24, 2.45) is 5.92 Å². The lowest BCUT2D eigenvalue weighted by Crippen LogP contribution is -2.50. The van der Waals surface area contributed by atoms with Crippen molar-refractivity contribution in [3.63, 3.8) is 0 Å². The Morgan fingerprint density at radius 2 is 1.56 bits per heavy atom. The molecule has 6 nitrogen and oxygen atoms in total. The molecule has 0 saturated carbocycles. The molecule has 0 aromatic heterocycles. The van der Waals surface area contributed by atoms with Crippen LogP contribution in [0, 0.1) is 12.8 Å². The summed E-state index contributed by atoms with van der Waals surface area (Å²) >= 11 is 0. The average molecular weight is 348 g/mol. The number of methoxy groups -OCH3 is 2. The monoisotopic (exact) mass is 348 g/mol. The van der Waals surface area contributed by atoms with Gasteiger partial charge in [0.2, 0.25) is 5.91 Å². The lowest BCUT2D eigenvalue weighted by molar-refractivity contribution is -0.133. The van der Waals surface area contributed by atoms with Gasteiger partial charge in [0.15, 0.2) is 0 Å². The Bertz CT molecular complexity index is 635. The lowest BCUT2D eigenvalue weighted by atomic mass is 10.1. The Morgan fingerprint density at radius 3 is 2.08 bits per heavy atom. The van der Waals surface area contributed by atoms with E-state index in [1.165, 1.54) is 0 Å². The van der Waals surface area contributed by atoms with Crippen LogP contribution in [-0.4, -0.2) is 62.0 Å². The minimum atomic E-state index is -0.0916. The third-order valence-corrected chi connectivity index (χ3v) is 4.45. The van der Waals surface area contributed by atoms with Crippen LogP contribution in [0.15, 0.2) is 12.1 Å². The normalized spacial score (nSPS) is 14.6. The Kier molecular flexibility index (Phi) is 6.28. The van der Waals surface area contributed by atoms with Gasteiger partial charge in [-0.2, -0.15) is 0 Å². The summed E-state index contributed by atoms with van der Waals surface area (Å²) in [6.07, 6.45) is 0.553. The highest BCUT2D eigenvalue weighted by atomic mass is 16.5. The molecule has 1 aromatic carbocycles. The number of amides is 2. The summed E-state index contributed by atoms with van der Waals surface area (Å²) in [5.74, 6) is 1.62. The molecule has 2 amide bonds. The molecule has 0 atom stereocenters. The number of nitrogens with zero attached hydrogens (tertiary/aromatic N) is 2. The van der Waals surface area contributed by atoms with E-state index < -0.39 is 0 Å². The zero-order valence-corrected chi connectivity index (χ0v) is 15.8. The van der Waals surface area contributed by atoms with Crippen molar-refractivity contribution in [2.45, 2.75) is 27.2 Å². The maximum atomic E-state index is 12.9. The Morgan fingerprint density at radius 1 is 1.00 bits per heavy atom. The van der Waals surface area contributed by atoms with Gasteiger partial charge in [-0.25, -0.2) is 0 Å². The fraction of sp³-hybridized carbons (Fsp3) is 0.579. The first kappa shape index (κ1) is 19.1. The third-order valence-electron chi connectivity index (χ3n) is 4.45. The molecule has 0 radical (unpaired) electrons. The highest BCUT2D eigenvalue weighted by molar-refractivity contribution is 5.97. The first-order valence-corrected chi connectivity index (χ1v) is 8.67. The Labute approximate surface area is 149 Å². The summed E-state index contributed by atoms with van der Waals surface area (Å²) in [6.45, 7) is 8.19. The van der Waals surface area contributed by atoms with Crippen LogP contribution in [0.3, 0.4) is 0 Å². The second-order valence-corrected chi connectivity index (χ2v) is 6.79. The highest BCUT2D eigenvalue weighted by Gasteiger charge is 2.27. The first-order chi connectivity index (χ1) is 11.9. The molecular weight excluding hydrogens is 320 g/mol. The molecule has 1 heterocycles. The molecule has 0 aliphatic carbocycles. The van der Waals surface area contributed by atoms with Crippen LogP contribution in [0.2, 0.25) is 0 Å². The number of carbonyl (C=O) groups is 2. The van der Waals surface area contributed by atoms with E-state index in [0.29, 0.717) is 55.6 Å². The number of aryl methyl sites for hydroxylation is 1. The fourth-order valence-corrected chi connectivity index (χ4v) is 3.03. The molecule has 0 spiro atoms. The molecule has 2 rings (SSSR count). The van der Waals surface area contributed by atoms with Gasteiger partial charge in [-0.3, -0.25) is 9.59 Å². The maximum absolute atomic E-state index is 12.9. The molecule has 6 heteroatoms. The van der Waals surface area contributed by atoms with Crippen LogP contribution < -0.4 is 9.47 Å². The van der Waals surface area contributed by atoms with E-state index >= 15 is 0 Å². The molecule has 0 N–H and O–H groups in total. The number of rotatable bonds is 5. The number of hydrogen-bond acceptors (Lipinski definition) is 4. The molecule has 1 aliphatic heterocycles. The number of ether oxygens (including phenoxy) is 2. The van der Waals surface area contributed by atoms with Crippen molar-refractivity contribution < 1.29 is 19.1 Å². The largest absolute Gasteiger partial charge is 0.496 e. The first-order valence-electron chi connectivity index (χ1n) is 8.67. The highest BCUT2D eigenvalue weighted by Crippen LogP contribution is 2.29. The van der Waals surface area contributed by atoms with E-state index in [0.717, 1.165) is 5.56 Å². The van der Waals surface area contributed by atoms with E-state index in [-0.39, 0.29) is 11.8 Å². The van der Waals surface area contributed by atoms with Crippen LogP contribution in [-0.2, 0) is 4.79 Å². The molecular formula is C19H28N2O4. The molecule has 25 heavy (non-hydrogen) atoms. The summed E-state index contributed by atoms with van der Waals surface area (Å²) < 4.78 is 10.7. The molecule has 1 fully saturated rings. The van der Waals surface area contributed by atoms with Crippen LogP contribution in [0.1, 0.15) is 36.2 Å². The van der Waals surface area contributed by atoms with Crippen molar-refractivity contribution in [1.29, 1.82) is 0 Å². The summed E-state index contributed by atoms with van der Waals surface area (Å²) in [6, 6.07) is 3.54. The number of benzene rings is 1. The average Bonchev–Trinajstić information content (AvgIpc) is 2.60. The molecule has 1 aromatic rings. The number of carbonyl (C=O) groups excluding carboxylic acids is 2. The van der Waals surface area contributed by atoms with Gasteiger partial charge in [-0.1, -0.05) is 13.8 Å². The minimum Gasteiger partial charge on any atom is -0.496 e. The van der Waals surface area contributed by atoms with Crippen molar-refractivity contribution in [3.8, 4) is 11.5 Å². The van der Waals surface area contributed by atoms with Crippen molar-refractivity contribution in [3.05, 3.63) is 23.3 Å². The lowest BCUT2D eigenvalue weighted by Gasteiger charge is -2.35. The molecule has 0 bridgehead atoms. The van der Waals surface area contributed by atoms with E-state index in [2.05, 4.69) is 0 Å². The van der Waals surface area contributed by atoms with Gasteiger partial charge in [0.25, 0.3) is 5.91 Å². The van der Waals surface area contributed by atoms with E-state index in [4.69, 9.17) is 9.47 Å². The van der Waals surface area contributed by atoms with Crippen molar-refractivity contribution in [1.82, 2.24) is 9.80 Å². The van der Waals surface area contributed by atoms with Gasteiger partial charge >= 0.3 is 0 Å². The van der Waals surface area contributed by atoms with Gasteiger partial charge in [-0.15, -0.1) is 0 Å². The fourth-order valence-electron chi connectivity index (χ4n) is 3.03. The SMILES string of the molecule is COc1cc(C(=O)N2CCN(C(=O)CC(C)C)CC2)c(OC)cc1C. The number of hydrogen-bond donors (Lipinski definition) is 0. The Balaban J connectivity index is 2.09. The summed E-state index contributed by atoms with van der Waals surface area (Å²) in [5, 5.41) is 0. The van der Waals surface area contributed by atoms with E-state index in [1.54, 1.807) is 25.2 Å². The third kappa shape index (κ3) is 4.44. The quantitative estimate of drug-likeness (QED) is 0.819. The predicted molar refractivity (Wildman–Crippen MR) is 96.2 cm³/mol. The minimum absolute atomic E-state index is 0.0916. The summed E-state index contributed by atoms with van der Waals surface area (Å²) in [4.78, 5) is 28.7. The molecule has 1 saturated heterocycles. The van der Waals surface area contributed by atoms with E-state index in [9.17, 15) is 9.59 Å². The molecule has 0 unspecified atom stereocenters. The van der Waals surface area contributed by atoms with Crippen LogP contribution in [0.5, 0.6) is 11.5 Å². The van der Waals surface area contributed by atoms with E-state index in [1.807, 2.05) is 31.7 Å². The molecule has 1 aliphatic rings. The Hall–Kier alpha value is -2.24. The predicted octanol–water partition coefficient (Wildman–Crippen LogP) is 2.34. The van der Waals surface area contributed by atoms with Crippen LogP contribution >= 0.6 is 0 Å². The zero-order chi connectivity index (χ0) is 18.6. The number of piperazine rings is 1. The van der Waals surface area contributed by atoms with Gasteiger partial charge in [0.05, 0.1) is 19.8 Å². The second-order valence-electron chi connectivity index (χ2n) is 6.79. The zero-order valence-electron chi connectivity index (χ0n) is 15.8. The standard InChI is InChI=1S/C19H28N2O4/c1-13(2)10-18(22)20-6-8-21(9-7-20)19(23)15-12-16(24-4)14(3)11-17(15)25-5/h11-13H,6-10H2,1-5H3. The van der Waals surface area contributed by atoms with Crippen LogP contribution in [0.4, 0.5) is 0 Å². The van der Waals surface area contributed by atoms with Gasteiger partial charge in [-0.05, 0) is 30.5 Å². The second kappa shape index (κ2) is 8.23. The summed E-state index contributed by atoms with van der Waals surface area (Å²) in [5.41, 5.74) is 1.41.